The summed E-state index contributed by atoms with van der Waals surface area (Å²) in [5, 5.41) is 1.19. The minimum absolute atomic E-state index is 0.0311. The molecule has 1 amide bonds. The Labute approximate surface area is 180 Å². The Morgan fingerprint density at radius 2 is 1.93 bits per heavy atom. The molecule has 1 aromatic carbocycles. The van der Waals surface area contributed by atoms with Gasteiger partial charge in [-0.25, -0.2) is 4.99 Å². The van der Waals surface area contributed by atoms with Gasteiger partial charge in [-0.3, -0.25) is 14.7 Å². The maximum absolute atomic E-state index is 13.2. The van der Waals surface area contributed by atoms with Crippen LogP contribution in [0.3, 0.4) is 0 Å². The number of amidine groups is 1. The number of allylic oxidation sites excluding steroid dienone is 2. The van der Waals surface area contributed by atoms with E-state index in [1.54, 1.807) is 18.5 Å². The molecular weight excluding hydrogens is 402 g/mol. The maximum Gasteiger partial charge on any atom is 0.266 e. The average molecular weight is 424 g/mol. The molecule has 29 heavy (non-hydrogen) atoms. The van der Waals surface area contributed by atoms with E-state index in [0.29, 0.717) is 20.8 Å². The normalized spacial score (nSPS) is 21.0. The summed E-state index contributed by atoms with van der Waals surface area (Å²) in [6, 6.07) is 12.0. The molecular formula is C23H22ClN3OS. The van der Waals surface area contributed by atoms with E-state index in [0.717, 1.165) is 31.2 Å². The first-order chi connectivity index (χ1) is 14.2. The average Bonchev–Trinajstić information content (AvgIpc) is 3.06. The van der Waals surface area contributed by atoms with Gasteiger partial charge in [0.15, 0.2) is 5.17 Å². The van der Waals surface area contributed by atoms with E-state index in [1.165, 1.54) is 18.2 Å². The van der Waals surface area contributed by atoms with E-state index in [1.807, 2.05) is 53.5 Å². The summed E-state index contributed by atoms with van der Waals surface area (Å²) in [5.41, 5.74) is 1.74. The number of aromatic nitrogens is 1. The van der Waals surface area contributed by atoms with Gasteiger partial charge in [-0.1, -0.05) is 73.3 Å². The molecule has 2 aromatic rings. The van der Waals surface area contributed by atoms with Gasteiger partial charge in [0, 0.05) is 18.4 Å². The van der Waals surface area contributed by atoms with Crippen LogP contribution in [0.2, 0.25) is 5.02 Å². The highest BCUT2D eigenvalue weighted by molar-refractivity contribution is 8.18. The number of amides is 1. The van der Waals surface area contributed by atoms with Crippen LogP contribution in [-0.2, 0) is 4.79 Å². The van der Waals surface area contributed by atoms with Crippen molar-refractivity contribution in [2.75, 3.05) is 0 Å². The van der Waals surface area contributed by atoms with E-state index >= 15 is 0 Å². The van der Waals surface area contributed by atoms with Gasteiger partial charge in [-0.05, 0) is 42.3 Å². The van der Waals surface area contributed by atoms with Gasteiger partial charge in [-0.2, -0.15) is 0 Å². The molecule has 4 nitrogen and oxygen atoms in total. The first-order valence-corrected chi connectivity index (χ1v) is 11.0. The molecule has 1 aliphatic carbocycles. The van der Waals surface area contributed by atoms with Gasteiger partial charge in [0.25, 0.3) is 5.91 Å². The second kappa shape index (κ2) is 9.42. The Kier molecular flexibility index (Phi) is 6.47. The zero-order chi connectivity index (χ0) is 20.1. The number of rotatable bonds is 4. The molecule has 0 radical (unpaired) electrons. The predicted octanol–water partition coefficient (Wildman–Crippen LogP) is 6.23. The van der Waals surface area contributed by atoms with Crippen molar-refractivity contribution in [3.8, 4) is 0 Å². The van der Waals surface area contributed by atoms with Crippen molar-refractivity contribution in [3.63, 3.8) is 0 Å². The van der Waals surface area contributed by atoms with Crippen molar-refractivity contribution in [1.82, 2.24) is 9.88 Å². The lowest BCUT2D eigenvalue weighted by molar-refractivity contribution is -0.124. The second-order valence-electron chi connectivity index (χ2n) is 7.09. The molecule has 0 unspecified atom stereocenters. The lowest BCUT2D eigenvalue weighted by Gasteiger charge is -2.30. The van der Waals surface area contributed by atoms with Gasteiger partial charge in [0.2, 0.25) is 0 Å². The molecule has 0 atom stereocenters. The standard InChI is InChI=1S/C23H22ClN3OS/c24-19-16-25-15-14-20(19)26-23-27(18-11-5-2-6-12-18)22(28)21(29-23)13-7-10-17-8-3-1-4-9-17/h1,3-4,7-10,13-16,18H,2,5-6,11-12H2/b10-7+,21-13-,26-23?. The molecule has 2 aliphatic rings. The van der Waals surface area contributed by atoms with E-state index in [-0.39, 0.29) is 11.9 Å². The van der Waals surface area contributed by atoms with E-state index < -0.39 is 0 Å². The first-order valence-electron chi connectivity index (χ1n) is 9.85. The SMILES string of the molecule is O=C1/C(=C/C=C/c2ccccc2)SC(=Nc2ccncc2Cl)N1C1CCCCC1. The van der Waals surface area contributed by atoms with Crippen molar-refractivity contribution in [2.24, 2.45) is 4.99 Å². The number of benzene rings is 1. The zero-order valence-corrected chi connectivity index (χ0v) is 17.6. The van der Waals surface area contributed by atoms with E-state index in [2.05, 4.69) is 4.98 Å². The van der Waals surface area contributed by atoms with Gasteiger partial charge in [-0.15, -0.1) is 0 Å². The van der Waals surface area contributed by atoms with Crippen LogP contribution in [0.15, 0.2) is 70.8 Å². The fourth-order valence-electron chi connectivity index (χ4n) is 3.61. The molecule has 0 bridgehead atoms. The van der Waals surface area contributed by atoms with Gasteiger partial charge >= 0.3 is 0 Å². The Bertz CT molecular complexity index is 965. The lowest BCUT2D eigenvalue weighted by atomic mass is 9.94. The fourth-order valence-corrected chi connectivity index (χ4v) is 4.78. The highest BCUT2D eigenvalue weighted by Gasteiger charge is 2.38. The van der Waals surface area contributed by atoms with Crippen LogP contribution in [0.1, 0.15) is 37.7 Å². The summed E-state index contributed by atoms with van der Waals surface area (Å²) < 4.78 is 0. The molecule has 4 rings (SSSR count). The first kappa shape index (κ1) is 19.9. The van der Waals surface area contributed by atoms with Crippen molar-refractivity contribution < 1.29 is 4.79 Å². The number of aliphatic imine (C=N–C) groups is 1. The summed E-state index contributed by atoms with van der Waals surface area (Å²) >= 11 is 7.67. The Morgan fingerprint density at radius 1 is 1.14 bits per heavy atom. The molecule has 2 heterocycles. The molecule has 0 spiro atoms. The van der Waals surface area contributed by atoms with Crippen molar-refractivity contribution >= 4 is 46.2 Å². The summed E-state index contributed by atoms with van der Waals surface area (Å²) in [6.07, 6.45) is 14.6. The minimum atomic E-state index is 0.0311. The quantitative estimate of drug-likeness (QED) is 0.547. The number of hydrogen-bond acceptors (Lipinski definition) is 4. The molecule has 1 saturated heterocycles. The van der Waals surface area contributed by atoms with Crippen LogP contribution in [-0.4, -0.2) is 27.0 Å². The molecule has 0 N–H and O–H groups in total. The zero-order valence-electron chi connectivity index (χ0n) is 16.0. The third-order valence-corrected chi connectivity index (χ3v) is 6.37. The number of nitrogens with zero attached hydrogens (tertiary/aromatic N) is 3. The smallest absolute Gasteiger partial charge is 0.266 e. The molecule has 1 aromatic heterocycles. The van der Waals surface area contributed by atoms with Crippen molar-refractivity contribution in [3.05, 3.63) is 76.4 Å². The number of thioether (sulfide) groups is 1. The van der Waals surface area contributed by atoms with Crippen LogP contribution in [0, 0.1) is 0 Å². The lowest BCUT2D eigenvalue weighted by Crippen LogP contribution is -2.40. The number of halogens is 1. The highest BCUT2D eigenvalue weighted by atomic mass is 35.5. The van der Waals surface area contributed by atoms with E-state index in [9.17, 15) is 4.79 Å². The number of carbonyl (C=O) groups is 1. The van der Waals surface area contributed by atoms with Gasteiger partial charge in [0.05, 0.1) is 15.6 Å². The highest BCUT2D eigenvalue weighted by Crippen LogP contribution is 2.38. The van der Waals surface area contributed by atoms with Crippen LogP contribution >= 0.6 is 23.4 Å². The Balaban J connectivity index is 1.63. The third kappa shape index (κ3) is 4.80. The summed E-state index contributed by atoms with van der Waals surface area (Å²) in [7, 11) is 0. The molecule has 148 valence electrons. The number of pyridine rings is 1. The van der Waals surface area contributed by atoms with Crippen LogP contribution < -0.4 is 0 Å². The van der Waals surface area contributed by atoms with Crippen LogP contribution in [0.5, 0.6) is 0 Å². The Morgan fingerprint density at radius 3 is 2.69 bits per heavy atom. The monoisotopic (exact) mass is 423 g/mol. The molecule has 6 heteroatoms. The molecule has 1 aliphatic heterocycles. The van der Waals surface area contributed by atoms with Crippen LogP contribution in [0.4, 0.5) is 5.69 Å². The van der Waals surface area contributed by atoms with Gasteiger partial charge < -0.3 is 0 Å². The summed E-state index contributed by atoms with van der Waals surface area (Å²) in [5.74, 6) is 0.0311. The maximum atomic E-state index is 13.2. The number of carbonyl (C=O) groups excluding carboxylic acids is 1. The molecule has 2 fully saturated rings. The van der Waals surface area contributed by atoms with Crippen molar-refractivity contribution in [2.45, 2.75) is 38.1 Å². The van der Waals surface area contributed by atoms with Crippen LogP contribution in [0.25, 0.3) is 6.08 Å². The number of hydrogen-bond donors (Lipinski definition) is 0. The minimum Gasteiger partial charge on any atom is -0.283 e. The van der Waals surface area contributed by atoms with Crippen molar-refractivity contribution in [1.29, 1.82) is 0 Å². The summed E-state index contributed by atoms with van der Waals surface area (Å²) in [6.45, 7) is 0. The predicted molar refractivity (Wildman–Crippen MR) is 121 cm³/mol. The summed E-state index contributed by atoms with van der Waals surface area (Å²) in [4.78, 5) is 24.5. The van der Waals surface area contributed by atoms with Gasteiger partial charge in [0.1, 0.15) is 0 Å². The van der Waals surface area contributed by atoms with E-state index in [4.69, 9.17) is 16.6 Å². The third-order valence-electron chi connectivity index (χ3n) is 5.08. The Hall–Kier alpha value is -2.37. The second-order valence-corrected chi connectivity index (χ2v) is 8.51. The fraction of sp³-hybridized carbons (Fsp3) is 0.261. The molecule has 1 saturated carbocycles. The largest absolute Gasteiger partial charge is 0.283 e. The topological polar surface area (TPSA) is 45.6 Å².